The van der Waals surface area contributed by atoms with Crippen molar-refractivity contribution in [2.24, 2.45) is 5.10 Å². The second-order valence-corrected chi connectivity index (χ2v) is 5.35. The third-order valence-electron chi connectivity index (χ3n) is 3.97. The molecule has 1 amide bonds. The highest BCUT2D eigenvalue weighted by molar-refractivity contribution is 5.95. The first-order valence-electron chi connectivity index (χ1n) is 7.25. The Morgan fingerprint density at radius 2 is 1.95 bits per heavy atom. The van der Waals surface area contributed by atoms with Crippen molar-refractivity contribution in [1.29, 1.82) is 0 Å². The predicted molar refractivity (Wildman–Crippen MR) is 82.2 cm³/mol. The van der Waals surface area contributed by atoms with Crippen LogP contribution in [0.4, 0.5) is 0 Å². The average molecular weight is 273 g/mol. The van der Waals surface area contributed by atoms with E-state index in [9.17, 15) is 4.79 Å². The molecule has 0 spiro atoms. The smallest absolute Gasteiger partial charge is 0.271 e. The van der Waals surface area contributed by atoms with Crippen molar-refractivity contribution in [3.8, 4) is 0 Å². The van der Waals surface area contributed by atoms with Gasteiger partial charge in [-0.25, -0.2) is 5.43 Å². The normalized spacial score (nSPS) is 16.1. The first-order chi connectivity index (χ1) is 9.60. The van der Waals surface area contributed by atoms with E-state index in [-0.39, 0.29) is 5.91 Å². The van der Waals surface area contributed by atoms with E-state index in [1.165, 1.54) is 5.56 Å². The first kappa shape index (κ1) is 14.7. The molecule has 0 saturated carbocycles. The Kier molecular flexibility index (Phi) is 4.90. The largest absolute Gasteiger partial charge is 0.303 e. The van der Waals surface area contributed by atoms with Crippen molar-refractivity contribution in [1.82, 2.24) is 10.3 Å². The van der Waals surface area contributed by atoms with Crippen molar-refractivity contribution in [2.45, 2.75) is 33.6 Å². The minimum absolute atomic E-state index is 0.126. The second-order valence-electron chi connectivity index (χ2n) is 5.35. The molecule has 1 aliphatic heterocycles. The number of rotatable bonds is 3. The molecule has 0 unspecified atom stereocenters. The summed E-state index contributed by atoms with van der Waals surface area (Å²) in [6.45, 7) is 9.38. The Morgan fingerprint density at radius 1 is 1.25 bits per heavy atom. The van der Waals surface area contributed by atoms with E-state index >= 15 is 0 Å². The van der Waals surface area contributed by atoms with E-state index in [4.69, 9.17) is 0 Å². The van der Waals surface area contributed by atoms with Crippen molar-refractivity contribution in [3.63, 3.8) is 0 Å². The summed E-state index contributed by atoms with van der Waals surface area (Å²) >= 11 is 0. The maximum atomic E-state index is 12.0. The highest BCUT2D eigenvalue weighted by Gasteiger charge is 2.13. The van der Waals surface area contributed by atoms with E-state index in [1.807, 2.05) is 32.0 Å². The van der Waals surface area contributed by atoms with Crippen molar-refractivity contribution in [3.05, 3.63) is 34.9 Å². The van der Waals surface area contributed by atoms with Crippen LogP contribution >= 0.6 is 0 Å². The quantitative estimate of drug-likeness (QED) is 0.860. The summed E-state index contributed by atoms with van der Waals surface area (Å²) in [7, 11) is 0. The maximum absolute atomic E-state index is 12.0. The lowest BCUT2D eigenvalue weighted by atomic mass is 10.1. The molecule has 108 valence electrons. The summed E-state index contributed by atoms with van der Waals surface area (Å²) in [5.41, 5.74) is 6.76. The number of hydrazone groups is 1. The van der Waals surface area contributed by atoms with Gasteiger partial charge in [0.25, 0.3) is 5.91 Å². The number of amides is 1. The van der Waals surface area contributed by atoms with Gasteiger partial charge in [0.2, 0.25) is 0 Å². The van der Waals surface area contributed by atoms with Crippen LogP contribution in [0, 0.1) is 13.8 Å². The Bertz CT molecular complexity index is 512. The van der Waals surface area contributed by atoms with Gasteiger partial charge in [0.1, 0.15) is 0 Å². The predicted octanol–water partition coefficient (Wildman–Crippen LogP) is 2.50. The zero-order chi connectivity index (χ0) is 14.5. The van der Waals surface area contributed by atoms with Crippen LogP contribution in [-0.4, -0.2) is 36.2 Å². The third kappa shape index (κ3) is 3.67. The van der Waals surface area contributed by atoms with Crippen LogP contribution in [-0.2, 0) is 0 Å². The molecule has 1 aromatic carbocycles. The summed E-state index contributed by atoms with van der Waals surface area (Å²) in [5, 5.41) is 4.27. The molecule has 2 rings (SSSR count). The highest BCUT2D eigenvalue weighted by atomic mass is 16.2. The van der Waals surface area contributed by atoms with Crippen LogP contribution in [0.3, 0.4) is 0 Å². The van der Waals surface area contributed by atoms with Gasteiger partial charge in [0.15, 0.2) is 0 Å². The fourth-order valence-corrected chi connectivity index (χ4v) is 2.32. The summed E-state index contributed by atoms with van der Waals surface area (Å²) in [6, 6.07) is 5.72. The Hall–Kier alpha value is -1.68. The molecular weight excluding hydrogens is 250 g/mol. The summed E-state index contributed by atoms with van der Waals surface area (Å²) in [6.07, 6.45) is 1.89. The number of benzene rings is 1. The second kappa shape index (κ2) is 6.66. The van der Waals surface area contributed by atoms with Crippen molar-refractivity contribution in [2.75, 3.05) is 19.6 Å². The lowest BCUT2D eigenvalue weighted by Gasteiger charge is -2.25. The van der Waals surface area contributed by atoms with Crippen LogP contribution in [0.25, 0.3) is 0 Å². The third-order valence-corrected chi connectivity index (χ3v) is 3.97. The van der Waals surface area contributed by atoms with Gasteiger partial charge >= 0.3 is 0 Å². The number of hydrogen-bond donors (Lipinski definition) is 1. The van der Waals surface area contributed by atoms with Crippen LogP contribution in [0.15, 0.2) is 23.3 Å². The lowest BCUT2D eigenvalue weighted by molar-refractivity contribution is 0.0954. The monoisotopic (exact) mass is 273 g/mol. The molecule has 0 atom stereocenters. The van der Waals surface area contributed by atoms with Gasteiger partial charge in [-0.3, -0.25) is 4.79 Å². The van der Waals surface area contributed by atoms with Gasteiger partial charge in [-0.05, 0) is 43.7 Å². The molecular formula is C16H23N3O. The van der Waals surface area contributed by atoms with E-state index in [1.54, 1.807) is 0 Å². The zero-order valence-corrected chi connectivity index (χ0v) is 12.6. The molecule has 4 heteroatoms. The van der Waals surface area contributed by atoms with Gasteiger partial charge < -0.3 is 4.90 Å². The number of nitrogens with zero attached hydrogens (tertiary/aromatic N) is 2. The Labute approximate surface area is 120 Å². The van der Waals surface area contributed by atoms with Gasteiger partial charge in [0, 0.05) is 37.2 Å². The van der Waals surface area contributed by atoms with Gasteiger partial charge in [-0.15, -0.1) is 0 Å². The fraction of sp³-hybridized carbons (Fsp3) is 0.500. The highest BCUT2D eigenvalue weighted by Crippen LogP contribution is 2.10. The number of aryl methyl sites for hydroxylation is 2. The van der Waals surface area contributed by atoms with Crippen LogP contribution in [0.5, 0.6) is 0 Å². The van der Waals surface area contributed by atoms with Crippen LogP contribution in [0.1, 0.15) is 41.3 Å². The molecule has 4 nitrogen and oxygen atoms in total. The van der Waals surface area contributed by atoms with Crippen molar-refractivity contribution < 1.29 is 4.79 Å². The van der Waals surface area contributed by atoms with E-state index in [0.717, 1.165) is 43.8 Å². The molecule has 0 aromatic heterocycles. The van der Waals surface area contributed by atoms with Crippen LogP contribution < -0.4 is 5.43 Å². The molecule has 20 heavy (non-hydrogen) atoms. The molecule has 0 bridgehead atoms. The minimum atomic E-state index is -0.126. The van der Waals surface area contributed by atoms with Crippen LogP contribution in [0.2, 0.25) is 0 Å². The zero-order valence-electron chi connectivity index (χ0n) is 12.6. The summed E-state index contributed by atoms with van der Waals surface area (Å²) < 4.78 is 0. The fourth-order valence-electron chi connectivity index (χ4n) is 2.32. The van der Waals surface area contributed by atoms with E-state index < -0.39 is 0 Å². The minimum Gasteiger partial charge on any atom is -0.303 e. The molecule has 1 heterocycles. The summed E-state index contributed by atoms with van der Waals surface area (Å²) in [4.78, 5) is 14.4. The number of hydrogen-bond acceptors (Lipinski definition) is 3. The first-order valence-corrected chi connectivity index (χ1v) is 7.25. The molecule has 1 saturated heterocycles. The van der Waals surface area contributed by atoms with Gasteiger partial charge in [0.05, 0.1) is 0 Å². The average Bonchev–Trinajstić information content (AvgIpc) is 2.48. The van der Waals surface area contributed by atoms with E-state index in [0.29, 0.717) is 5.56 Å². The lowest BCUT2D eigenvalue weighted by Crippen LogP contribution is -2.34. The number of likely N-dealkylation sites (tertiary alicyclic amines) is 1. The molecule has 1 aliphatic rings. The number of carbonyl (C=O) groups excluding carboxylic acids is 1. The number of piperidine rings is 1. The molecule has 1 aromatic rings. The molecule has 1 fully saturated rings. The molecule has 0 aliphatic carbocycles. The number of carbonyl (C=O) groups is 1. The molecule has 0 radical (unpaired) electrons. The summed E-state index contributed by atoms with van der Waals surface area (Å²) in [5.74, 6) is -0.126. The molecule has 1 N–H and O–H groups in total. The Morgan fingerprint density at radius 3 is 2.55 bits per heavy atom. The topological polar surface area (TPSA) is 44.7 Å². The Balaban J connectivity index is 1.93. The maximum Gasteiger partial charge on any atom is 0.271 e. The van der Waals surface area contributed by atoms with E-state index in [2.05, 4.69) is 22.4 Å². The van der Waals surface area contributed by atoms with Gasteiger partial charge in [-0.2, -0.15) is 5.10 Å². The number of nitrogens with one attached hydrogen (secondary N) is 1. The van der Waals surface area contributed by atoms with Crippen molar-refractivity contribution >= 4 is 11.6 Å². The van der Waals surface area contributed by atoms with Gasteiger partial charge in [-0.1, -0.05) is 13.0 Å². The standard InChI is InChI=1S/C16H23N3O/c1-4-19-9-7-15(8-10-19)17-18-16(20)14-6-5-12(2)13(3)11-14/h5-6,11H,4,7-10H2,1-3H3,(H,18,20). The SMILES string of the molecule is CCN1CCC(=NNC(=O)c2ccc(C)c(C)c2)CC1.